The van der Waals surface area contributed by atoms with Gasteiger partial charge in [0.05, 0.1) is 12.1 Å². The van der Waals surface area contributed by atoms with E-state index in [1.54, 1.807) is 6.92 Å². The molecule has 0 spiro atoms. The summed E-state index contributed by atoms with van der Waals surface area (Å²) >= 11 is 0. The molecule has 2 atom stereocenters. The van der Waals surface area contributed by atoms with Gasteiger partial charge in [-0.3, -0.25) is 0 Å². The summed E-state index contributed by atoms with van der Waals surface area (Å²) in [5, 5.41) is 19.0. The van der Waals surface area contributed by atoms with Crippen LogP contribution in [0.2, 0.25) is 0 Å². The van der Waals surface area contributed by atoms with Crippen molar-refractivity contribution >= 4 is 6.09 Å². The van der Waals surface area contributed by atoms with Crippen LogP contribution in [0.4, 0.5) is 4.79 Å². The molecule has 0 radical (unpaired) electrons. The van der Waals surface area contributed by atoms with E-state index in [1.165, 1.54) is 4.90 Å². The van der Waals surface area contributed by atoms with Gasteiger partial charge in [0.25, 0.3) is 0 Å². The second kappa shape index (κ2) is 5.35. The standard InChI is InChI=1S/C11H23NO3/c1-6-7-12(10(14)15)8(2)9(13)11(3,4)5/h8-9,13H,6-7H2,1-5H3,(H,14,15)/t8-,9?/m0/s1. The Morgan fingerprint density at radius 3 is 2.13 bits per heavy atom. The Hall–Kier alpha value is -0.770. The zero-order chi connectivity index (χ0) is 12.2. The molecule has 0 fully saturated rings. The summed E-state index contributed by atoms with van der Waals surface area (Å²) in [4.78, 5) is 12.3. The van der Waals surface area contributed by atoms with Crippen LogP contribution in [0.5, 0.6) is 0 Å². The summed E-state index contributed by atoms with van der Waals surface area (Å²) < 4.78 is 0. The maximum absolute atomic E-state index is 11.0. The van der Waals surface area contributed by atoms with Crippen LogP contribution >= 0.6 is 0 Å². The summed E-state index contributed by atoms with van der Waals surface area (Å²) in [6, 6.07) is -0.373. The molecule has 4 heteroatoms. The number of hydrogen-bond donors (Lipinski definition) is 2. The molecule has 15 heavy (non-hydrogen) atoms. The SMILES string of the molecule is CCCN(C(=O)O)[C@@H](C)C(O)C(C)(C)C. The van der Waals surface area contributed by atoms with Crippen LogP contribution in [-0.4, -0.2) is 39.9 Å². The maximum atomic E-state index is 11.0. The normalized spacial score (nSPS) is 15.9. The third-order valence-corrected chi connectivity index (χ3v) is 2.55. The van der Waals surface area contributed by atoms with E-state index in [-0.39, 0.29) is 11.5 Å². The fraction of sp³-hybridized carbons (Fsp3) is 0.909. The van der Waals surface area contributed by atoms with Crippen molar-refractivity contribution in [2.24, 2.45) is 5.41 Å². The number of amides is 1. The topological polar surface area (TPSA) is 60.8 Å². The van der Waals surface area contributed by atoms with Gasteiger partial charge in [-0.25, -0.2) is 4.79 Å². The number of carboxylic acid groups (broad SMARTS) is 1. The van der Waals surface area contributed by atoms with Gasteiger partial charge in [0.2, 0.25) is 0 Å². The molecule has 0 aromatic heterocycles. The van der Waals surface area contributed by atoms with Crippen molar-refractivity contribution in [3.63, 3.8) is 0 Å². The highest BCUT2D eigenvalue weighted by Crippen LogP contribution is 2.24. The van der Waals surface area contributed by atoms with Gasteiger partial charge in [-0.1, -0.05) is 27.7 Å². The second-order valence-corrected chi connectivity index (χ2v) is 5.03. The number of carbonyl (C=O) groups is 1. The fourth-order valence-corrected chi connectivity index (χ4v) is 1.61. The van der Waals surface area contributed by atoms with Gasteiger partial charge in [-0.2, -0.15) is 0 Å². The first-order chi connectivity index (χ1) is 6.71. The zero-order valence-corrected chi connectivity index (χ0v) is 10.3. The lowest BCUT2D eigenvalue weighted by Crippen LogP contribution is -2.49. The van der Waals surface area contributed by atoms with Crippen LogP contribution in [0, 0.1) is 5.41 Å². The highest BCUT2D eigenvalue weighted by Gasteiger charge is 2.32. The molecule has 1 unspecified atom stereocenters. The van der Waals surface area contributed by atoms with Crippen molar-refractivity contribution in [1.29, 1.82) is 0 Å². The smallest absolute Gasteiger partial charge is 0.407 e. The van der Waals surface area contributed by atoms with E-state index in [9.17, 15) is 9.90 Å². The average Bonchev–Trinajstić information content (AvgIpc) is 2.09. The molecule has 0 aliphatic heterocycles. The van der Waals surface area contributed by atoms with E-state index < -0.39 is 12.2 Å². The number of aliphatic hydroxyl groups is 1. The minimum atomic E-state index is -0.965. The first-order valence-corrected chi connectivity index (χ1v) is 5.39. The average molecular weight is 217 g/mol. The molecule has 0 rings (SSSR count). The van der Waals surface area contributed by atoms with Crippen LogP contribution < -0.4 is 0 Å². The van der Waals surface area contributed by atoms with Gasteiger partial charge in [0.15, 0.2) is 0 Å². The van der Waals surface area contributed by atoms with Gasteiger partial charge < -0.3 is 15.1 Å². The summed E-state index contributed by atoms with van der Waals surface area (Å²) in [7, 11) is 0. The number of hydrogen-bond acceptors (Lipinski definition) is 2. The predicted octanol–water partition coefficient (Wildman–Crippen LogP) is 2.17. The first kappa shape index (κ1) is 14.2. The number of nitrogens with zero attached hydrogens (tertiary/aromatic N) is 1. The Morgan fingerprint density at radius 1 is 1.40 bits per heavy atom. The molecule has 0 saturated heterocycles. The first-order valence-electron chi connectivity index (χ1n) is 5.39. The lowest BCUT2D eigenvalue weighted by atomic mass is 9.85. The Kier molecular flexibility index (Phi) is 5.08. The highest BCUT2D eigenvalue weighted by atomic mass is 16.4. The molecule has 0 heterocycles. The lowest BCUT2D eigenvalue weighted by Gasteiger charge is -2.36. The van der Waals surface area contributed by atoms with E-state index in [0.29, 0.717) is 6.54 Å². The highest BCUT2D eigenvalue weighted by molar-refractivity contribution is 5.65. The molecule has 0 aromatic rings. The van der Waals surface area contributed by atoms with Crippen molar-refractivity contribution in [1.82, 2.24) is 4.90 Å². The Labute approximate surface area is 91.9 Å². The van der Waals surface area contributed by atoms with E-state index in [4.69, 9.17) is 5.11 Å². The number of aliphatic hydroxyl groups excluding tert-OH is 1. The van der Waals surface area contributed by atoms with E-state index >= 15 is 0 Å². The van der Waals surface area contributed by atoms with Gasteiger partial charge in [0.1, 0.15) is 0 Å². The van der Waals surface area contributed by atoms with E-state index in [2.05, 4.69) is 0 Å². The van der Waals surface area contributed by atoms with Crippen molar-refractivity contribution in [2.75, 3.05) is 6.54 Å². The second-order valence-electron chi connectivity index (χ2n) is 5.03. The van der Waals surface area contributed by atoms with Crippen molar-refractivity contribution in [2.45, 2.75) is 53.2 Å². The Bertz CT molecular complexity index is 210. The van der Waals surface area contributed by atoms with Gasteiger partial charge >= 0.3 is 6.09 Å². The molecule has 0 aliphatic carbocycles. The lowest BCUT2D eigenvalue weighted by molar-refractivity contribution is -0.00731. The van der Waals surface area contributed by atoms with Gasteiger partial charge in [0, 0.05) is 6.54 Å². The maximum Gasteiger partial charge on any atom is 0.407 e. The third kappa shape index (κ3) is 4.08. The Morgan fingerprint density at radius 2 is 1.87 bits per heavy atom. The molecule has 0 saturated carbocycles. The summed E-state index contributed by atoms with van der Waals surface area (Å²) in [6.45, 7) is 9.84. The molecular formula is C11H23NO3. The summed E-state index contributed by atoms with van der Waals surface area (Å²) in [5.41, 5.74) is -0.305. The molecule has 0 aromatic carbocycles. The monoisotopic (exact) mass is 217 g/mol. The van der Waals surface area contributed by atoms with E-state index in [1.807, 2.05) is 27.7 Å². The predicted molar refractivity (Wildman–Crippen MR) is 59.9 cm³/mol. The fourth-order valence-electron chi connectivity index (χ4n) is 1.61. The number of rotatable bonds is 4. The summed E-state index contributed by atoms with van der Waals surface area (Å²) in [6.07, 6.45) is -0.860. The quantitative estimate of drug-likeness (QED) is 0.758. The van der Waals surface area contributed by atoms with Crippen molar-refractivity contribution in [3.8, 4) is 0 Å². The van der Waals surface area contributed by atoms with Crippen LogP contribution in [-0.2, 0) is 0 Å². The van der Waals surface area contributed by atoms with Crippen LogP contribution in [0.3, 0.4) is 0 Å². The molecule has 2 N–H and O–H groups in total. The van der Waals surface area contributed by atoms with Crippen LogP contribution in [0.25, 0.3) is 0 Å². The minimum Gasteiger partial charge on any atom is -0.465 e. The molecular weight excluding hydrogens is 194 g/mol. The molecule has 4 nitrogen and oxygen atoms in total. The minimum absolute atomic E-state index is 0.305. The van der Waals surface area contributed by atoms with Gasteiger partial charge in [-0.05, 0) is 18.8 Å². The van der Waals surface area contributed by atoms with Crippen molar-refractivity contribution in [3.05, 3.63) is 0 Å². The van der Waals surface area contributed by atoms with Crippen LogP contribution in [0.1, 0.15) is 41.0 Å². The summed E-state index contributed by atoms with van der Waals surface area (Å²) in [5.74, 6) is 0. The third-order valence-electron chi connectivity index (χ3n) is 2.55. The van der Waals surface area contributed by atoms with Gasteiger partial charge in [-0.15, -0.1) is 0 Å². The molecule has 0 bridgehead atoms. The van der Waals surface area contributed by atoms with Crippen LogP contribution in [0.15, 0.2) is 0 Å². The zero-order valence-electron chi connectivity index (χ0n) is 10.3. The largest absolute Gasteiger partial charge is 0.465 e. The Balaban J connectivity index is 4.63. The van der Waals surface area contributed by atoms with E-state index in [0.717, 1.165) is 6.42 Å². The molecule has 1 amide bonds. The van der Waals surface area contributed by atoms with Crippen molar-refractivity contribution < 1.29 is 15.0 Å². The molecule has 0 aliphatic rings. The molecule has 90 valence electrons.